The number of nitrogens with zero attached hydrogens (tertiary/aromatic N) is 1. The molecule has 118 valence electrons. The summed E-state index contributed by atoms with van der Waals surface area (Å²) in [4.78, 5) is 2.68. The third kappa shape index (κ3) is 3.67. The number of benzene rings is 1. The van der Waals surface area contributed by atoms with E-state index in [0.29, 0.717) is 18.0 Å². The van der Waals surface area contributed by atoms with Crippen LogP contribution in [0.2, 0.25) is 0 Å². The summed E-state index contributed by atoms with van der Waals surface area (Å²) in [5.41, 5.74) is 7.94. The van der Waals surface area contributed by atoms with Crippen LogP contribution >= 0.6 is 0 Å². The van der Waals surface area contributed by atoms with Crippen LogP contribution in [0.3, 0.4) is 0 Å². The van der Waals surface area contributed by atoms with Crippen LogP contribution in [0.5, 0.6) is 0 Å². The molecule has 0 aliphatic carbocycles. The Morgan fingerprint density at radius 2 is 1.71 bits per heavy atom. The molecule has 0 amide bonds. The maximum absolute atomic E-state index is 6.68. The highest BCUT2D eigenvalue weighted by atomic mass is 15.2. The molecule has 1 aromatic carbocycles. The van der Waals surface area contributed by atoms with E-state index >= 15 is 0 Å². The third-order valence-corrected chi connectivity index (χ3v) is 5.26. The molecule has 0 spiro atoms. The van der Waals surface area contributed by atoms with E-state index in [1.54, 1.807) is 0 Å². The number of piperidine rings is 1. The molecule has 2 rings (SSSR count). The Kier molecular flexibility index (Phi) is 5.45. The van der Waals surface area contributed by atoms with Gasteiger partial charge in [0.2, 0.25) is 0 Å². The van der Waals surface area contributed by atoms with Gasteiger partial charge in [0, 0.05) is 24.7 Å². The minimum atomic E-state index is 0.0890. The zero-order valence-corrected chi connectivity index (χ0v) is 14.3. The normalized spacial score (nSPS) is 30.3. The highest BCUT2D eigenvalue weighted by Crippen LogP contribution is 2.34. The summed E-state index contributed by atoms with van der Waals surface area (Å²) < 4.78 is 0. The maximum atomic E-state index is 6.68. The highest BCUT2D eigenvalue weighted by molar-refractivity contribution is 5.20. The summed E-state index contributed by atoms with van der Waals surface area (Å²) in [6.45, 7) is 12.9. The predicted octanol–water partition coefficient (Wildman–Crippen LogP) is 4.08. The Morgan fingerprint density at radius 1 is 1.10 bits per heavy atom. The first kappa shape index (κ1) is 16.5. The number of nitrogens with two attached hydrogens (primary N) is 1. The monoisotopic (exact) mass is 288 g/mol. The molecule has 5 unspecified atom stereocenters. The lowest BCUT2D eigenvalue weighted by atomic mass is 9.81. The molecular weight excluding hydrogens is 256 g/mol. The van der Waals surface area contributed by atoms with E-state index in [1.807, 2.05) is 0 Å². The number of likely N-dealkylation sites (tertiary alicyclic amines) is 1. The topological polar surface area (TPSA) is 29.3 Å². The lowest BCUT2D eigenvalue weighted by Crippen LogP contribution is -2.55. The first-order valence-electron chi connectivity index (χ1n) is 8.48. The lowest BCUT2D eigenvalue weighted by molar-refractivity contribution is 0.0113. The van der Waals surface area contributed by atoms with Gasteiger partial charge in [0.15, 0.2) is 0 Å². The van der Waals surface area contributed by atoms with Crippen LogP contribution < -0.4 is 5.73 Å². The average Bonchev–Trinajstić information content (AvgIpc) is 2.44. The summed E-state index contributed by atoms with van der Waals surface area (Å²) in [6.07, 6.45) is 1.34. The Morgan fingerprint density at radius 3 is 2.29 bits per heavy atom. The van der Waals surface area contributed by atoms with Crippen molar-refractivity contribution < 1.29 is 0 Å². The predicted molar refractivity (Wildman–Crippen MR) is 91.1 cm³/mol. The summed E-state index contributed by atoms with van der Waals surface area (Å²) >= 11 is 0. The van der Waals surface area contributed by atoms with Crippen molar-refractivity contribution in [2.45, 2.75) is 59.2 Å². The molecule has 2 N–H and O–H groups in total. The van der Waals surface area contributed by atoms with Crippen LogP contribution in [0.1, 0.15) is 52.6 Å². The first-order valence-corrected chi connectivity index (χ1v) is 8.48. The molecule has 1 heterocycles. The Labute approximate surface area is 130 Å². The van der Waals surface area contributed by atoms with E-state index in [9.17, 15) is 0 Å². The molecule has 1 saturated heterocycles. The van der Waals surface area contributed by atoms with E-state index in [1.165, 1.54) is 18.5 Å². The molecule has 0 bridgehead atoms. The molecule has 0 saturated carbocycles. The Bertz CT molecular complexity index is 428. The highest BCUT2D eigenvalue weighted by Gasteiger charge is 2.37. The fraction of sp³-hybridized carbons (Fsp3) is 0.684. The van der Waals surface area contributed by atoms with Crippen LogP contribution in [-0.2, 0) is 0 Å². The van der Waals surface area contributed by atoms with Gasteiger partial charge in [-0.15, -0.1) is 0 Å². The van der Waals surface area contributed by atoms with Crippen LogP contribution in [0, 0.1) is 17.8 Å². The van der Waals surface area contributed by atoms with Gasteiger partial charge in [-0.2, -0.15) is 0 Å². The molecule has 1 aromatic rings. The van der Waals surface area contributed by atoms with Gasteiger partial charge in [-0.05, 0) is 36.7 Å². The lowest BCUT2D eigenvalue weighted by Gasteiger charge is -2.48. The van der Waals surface area contributed by atoms with Gasteiger partial charge in [0.1, 0.15) is 0 Å². The minimum absolute atomic E-state index is 0.0890. The molecule has 1 fully saturated rings. The largest absolute Gasteiger partial charge is 0.323 e. The van der Waals surface area contributed by atoms with Crippen molar-refractivity contribution in [2.24, 2.45) is 23.5 Å². The molecule has 1 aliphatic heterocycles. The zero-order valence-electron chi connectivity index (χ0n) is 14.3. The summed E-state index contributed by atoms with van der Waals surface area (Å²) in [7, 11) is 0. The summed E-state index contributed by atoms with van der Waals surface area (Å²) in [5, 5.41) is 0. The van der Waals surface area contributed by atoms with Crippen LogP contribution in [0.4, 0.5) is 0 Å². The van der Waals surface area contributed by atoms with E-state index in [2.05, 4.69) is 69.9 Å². The van der Waals surface area contributed by atoms with Gasteiger partial charge < -0.3 is 5.73 Å². The van der Waals surface area contributed by atoms with Crippen molar-refractivity contribution in [3.05, 3.63) is 35.9 Å². The fourth-order valence-corrected chi connectivity index (χ4v) is 4.03. The Balaban J connectivity index is 2.26. The molecular formula is C19H32N2. The van der Waals surface area contributed by atoms with E-state index < -0.39 is 0 Å². The van der Waals surface area contributed by atoms with Crippen LogP contribution in [0.25, 0.3) is 0 Å². The second-order valence-corrected chi connectivity index (χ2v) is 7.43. The van der Waals surface area contributed by atoms with Crippen LogP contribution in [-0.4, -0.2) is 23.5 Å². The molecule has 2 heteroatoms. The summed E-state index contributed by atoms with van der Waals surface area (Å²) in [5.74, 6) is 2.07. The molecule has 2 nitrogen and oxygen atoms in total. The molecule has 0 radical (unpaired) electrons. The smallest absolute Gasteiger partial charge is 0.0455 e. The zero-order chi connectivity index (χ0) is 15.6. The van der Waals surface area contributed by atoms with Crippen molar-refractivity contribution in [1.29, 1.82) is 0 Å². The van der Waals surface area contributed by atoms with Gasteiger partial charge in [-0.1, -0.05) is 58.0 Å². The van der Waals surface area contributed by atoms with E-state index in [4.69, 9.17) is 5.73 Å². The third-order valence-electron chi connectivity index (χ3n) is 5.26. The standard InChI is InChI=1S/C19H32N2/c1-13(2)19(18(20)17-9-7-6-8-10-17)21-12-14(3)11-15(4)16(21)5/h6-10,13-16,18-19H,11-12,20H2,1-5H3. The summed E-state index contributed by atoms with van der Waals surface area (Å²) in [6, 6.07) is 11.7. The van der Waals surface area contributed by atoms with Crippen LogP contribution in [0.15, 0.2) is 30.3 Å². The minimum Gasteiger partial charge on any atom is -0.323 e. The fourth-order valence-electron chi connectivity index (χ4n) is 4.03. The molecule has 0 aromatic heterocycles. The molecule has 1 aliphatic rings. The van der Waals surface area contributed by atoms with Crippen molar-refractivity contribution in [1.82, 2.24) is 4.90 Å². The second kappa shape index (κ2) is 6.93. The van der Waals surface area contributed by atoms with Gasteiger partial charge in [-0.3, -0.25) is 4.90 Å². The maximum Gasteiger partial charge on any atom is 0.0455 e. The Hall–Kier alpha value is -0.860. The SMILES string of the molecule is CC1CC(C)C(C)N(C(C(C)C)C(N)c2ccccc2)C1. The number of hydrogen-bond donors (Lipinski definition) is 1. The average molecular weight is 288 g/mol. The van der Waals surface area contributed by atoms with Gasteiger partial charge in [0.25, 0.3) is 0 Å². The van der Waals surface area contributed by atoms with Crippen molar-refractivity contribution in [3.8, 4) is 0 Å². The van der Waals surface area contributed by atoms with E-state index in [-0.39, 0.29) is 6.04 Å². The van der Waals surface area contributed by atoms with E-state index in [0.717, 1.165) is 11.8 Å². The van der Waals surface area contributed by atoms with Crippen molar-refractivity contribution in [2.75, 3.05) is 6.54 Å². The molecule has 5 atom stereocenters. The quantitative estimate of drug-likeness (QED) is 0.904. The second-order valence-electron chi connectivity index (χ2n) is 7.43. The number of hydrogen-bond acceptors (Lipinski definition) is 2. The van der Waals surface area contributed by atoms with Crippen molar-refractivity contribution >= 4 is 0 Å². The van der Waals surface area contributed by atoms with Crippen molar-refractivity contribution in [3.63, 3.8) is 0 Å². The van der Waals surface area contributed by atoms with Gasteiger partial charge >= 0.3 is 0 Å². The molecule has 21 heavy (non-hydrogen) atoms. The van der Waals surface area contributed by atoms with Gasteiger partial charge in [-0.25, -0.2) is 0 Å². The van der Waals surface area contributed by atoms with Gasteiger partial charge in [0.05, 0.1) is 0 Å². The first-order chi connectivity index (χ1) is 9.91. The number of rotatable bonds is 4.